The van der Waals surface area contributed by atoms with Gasteiger partial charge in [0.25, 0.3) is 0 Å². The van der Waals surface area contributed by atoms with E-state index < -0.39 is 53.6 Å². The fraction of sp³-hybridized carbons (Fsp3) is 0.0408. The Morgan fingerprint density at radius 2 is 0.806 bits per heavy atom. The molecule has 0 atom stereocenters. The second-order valence-corrected chi connectivity index (χ2v) is 17.5. The second kappa shape index (κ2) is 19.5. The molecule has 0 spiro atoms. The molecular formula is C49H34F4O7S2. The Hall–Kier alpha value is -7.09. The molecule has 62 heavy (non-hydrogen) atoms. The van der Waals surface area contributed by atoms with E-state index in [1.165, 1.54) is 42.5 Å². The fourth-order valence-corrected chi connectivity index (χ4v) is 9.35. The summed E-state index contributed by atoms with van der Waals surface area (Å²) in [6, 6.07) is 39.9. The topological polar surface area (TPSA) is 119 Å². The molecule has 0 fully saturated rings. The van der Waals surface area contributed by atoms with Crippen molar-refractivity contribution in [2.45, 2.75) is 27.5 Å². The van der Waals surface area contributed by atoms with E-state index >= 15 is 0 Å². The van der Waals surface area contributed by atoms with Gasteiger partial charge >= 0.3 is 0 Å². The zero-order valence-electron chi connectivity index (χ0n) is 32.4. The third-order valence-electron chi connectivity index (χ3n) is 9.36. The summed E-state index contributed by atoms with van der Waals surface area (Å²) >= 11 is 0. The number of Topliss-reactive ketones (excluding diaryl/α,β-unsaturated/α-hetero) is 3. The Bertz CT molecular complexity index is 2890. The molecule has 7 aromatic rings. The Morgan fingerprint density at radius 3 is 1.23 bits per heavy atom. The highest BCUT2D eigenvalue weighted by Gasteiger charge is 2.29. The van der Waals surface area contributed by atoms with E-state index in [2.05, 4.69) is 0 Å². The van der Waals surface area contributed by atoms with E-state index in [0.717, 1.165) is 60.7 Å². The first-order valence-corrected chi connectivity index (χ1v) is 21.7. The molecule has 0 amide bonds. The molecule has 0 aliphatic heterocycles. The largest absolute Gasteiger partial charge is 0.294 e. The van der Waals surface area contributed by atoms with Crippen LogP contribution in [0.5, 0.6) is 0 Å². The van der Waals surface area contributed by atoms with Gasteiger partial charge in [-0.25, -0.2) is 34.4 Å². The number of hydrogen-bond acceptors (Lipinski definition) is 7. The first kappa shape index (κ1) is 44.5. The molecule has 7 nitrogen and oxygen atoms in total. The Kier molecular flexibility index (Phi) is 14.0. The van der Waals surface area contributed by atoms with Crippen LogP contribution in [-0.2, 0) is 32.5 Å². The van der Waals surface area contributed by atoms with E-state index in [1.807, 2.05) is 0 Å². The summed E-state index contributed by atoms with van der Waals surface area (Å²) in [5.41, 5.74) is 1.21. The lowest BCUT2D eigenvalue weighted by Gasteiger charge is -2.14. The molecule has 7 rings (SSSR count). The molecule has 0 saturated carbocycles. The first-order valence-electron chi connectivity index (χ1n) is 18.7. The van der Waals surface area contributed by atoms with Gasteiger partial charge in [-0.05, 0) is 95.6 Å². The van der Waals surface area contributed by atoms with Crippen LogP contribution in [0.3, 0.4) is 0 Å². The van der Waals surface area contributed by atoms with Gasteiger partial charge in [0.1, 0.15) is 28.2 Å². The van der Waals surface area contributed by atoms with Crippen LogP contribution in [0.4, 0.5) is 17.6 Å². The fourth-order valence-electron chi connectivity index (χ4n) is 6.26. The maximum atomic E-state index is 14.1. The van der Waals surface area contributed by atoms with E-state index in [0.29, 0.717) is 16.7 Å². The number of carbonyl (C=O) groups excluding carboxylic acids is 3. The highest BCUT2D eigenvalue weighted by atomic mass is 32.2. The highest BCUT2D eigenvalue weighted by Crippen LogP contribution is 2.30. The number of rotatable bonds is 13. The van der Waals surface area contributed by atoms with Crippen molar-refractivity contribution < 1.29 is 48.8 Å². The molecule has 0 aromatic heterocycles. The summed E-state index contributed by atoms with van der Waals surface area (Å²) in [7, 11) is -8.55. The molecule has 0 aliphatic carbocycles. The second-order valence-electron chi connectivity index (χ2n) is 13.7. The van der Waals surface area contributed by atoms with Crippen molar-refractivity contribution in [3.8, 4) is 0 Å². The molecule has 0 N–H and O–H groups in total. The summed E-state index contributed by atoms with van der Waals surface area (Å²) in [6.45, 7) is 0. The third-order valence-corrected chi connectivity index (χ3v) is 13.1. The number of halogens is 4. The standard InChI is InChI=1S/C28H20F2O4S.C21H14F2O3S/c29-23-11-13-27(21(15-23)17-25(31)19-7-3-1-4-8-19)35(33,34)28-14-12-24(30)16-22(28)18-26(32)20-9-5-2-6-10-20;22-17-8-6-15(7-9-17)14-20(21(24)16-4-2-1-3-5-16)27(25,26)19-12-10-18(23)11-13-19/h1-16H,17-18H2;1-14H. The van der Waals surface area contributed by atoms with Crippen LogP contribution >= 0.6 is 0 Å². The van der Waals surface area contributed by atoms with Gasteiger partial charge in [-0.1, -0.05) is 103 Å². The SMILES string of the molecule is O=C(C(=Cc1ccc(F)cc1)S(=O)(=O)c1ccc(F)cc1)c1ccccc1.O=C(Cc1cc(F)ccc1S(=O)(=O)c1ccc(F)cc1CC(=O)c1ccccc1)c1ccccc1. The summed E-state index contributed by atoms with van der Waals surface area (Å²) in [5.74, 6) is -3.93. The number of sulfone groups is 2. The van der Waals surface area contributed by atoms with E-state index in [9.17, 15) is 48.8 Å². The lowest BCUT2D eigenvalue weighted by atomic mass is 10.0. The van der Waals surface area contributed by atoms with E-state index in [4.69, 9.17) is 0 Å². The first-order chi connectivity index (χ1) is 29.6. The van der Waals surface area contributed by atoms with Gasteiger partial charge in [0.15, 0.2) is 11.6 Å². The van der Waals surface area contributed by atoms with E-state index in [-0.39, 0.29) is 55.8 Å². The van der Waals surface area contributed by atoms with Gasteiger partial charge in [0, 0.05) is 29.5 Å². The van der Waals surface area contributed by atoms with Crippen LogP contribution < -0.4 is 0 Å². The average molecular weight is 875 g/mol. The zero-order chi connectivity index (χ0) is 44.4. The molecule has 0 radical (unpaired) electrons. The monoisotopic (exact) mass is 874 g/mol. The summed E-state index contributed by atoms with van der Waals surface area (Å²) in [4.78, 5) is 37.2. The van der Waals surface area contributed by atoms with Crippen molar-refractivity contribution in [2.75, 3.05) is 0 Å². The minimum Gasteiger partial charge on any atom is -0.294 e. The predicted octanol–water partition coefficient (Wildman–Crippen LogP) is 10.3. The molecule has 13 heteroatoms. The number of carbonyl (C=O) groups is 3. The lowest BCUT2D eigenvalue weighted by molar-refractivity contribution is 0.0984. The average Bonchev–Trinajstić information content (AvgIpc) is 3.27. The number of hydrogen-bond donors (Lipinski definition) is 0. The number of allylic oxidation sites excluding steroid dienone is 1. The van der Waals surface area contributed by atoms with Crippen LogP contribution in [0.15, 0.2) is 196 Å². The maximum absolute atomic E-state index is 14.1. The minimum atomic E-state index is -4.33. The summed E-state index contributed by atoms with van der Waals surface area (Å²) in [6.07, 6.45) is 0.485. The molecule has 0 bridgehead atoms. The van der Waals surface area contributed by atoms with Crippen LogP contribution in [0.25, 0.3) is 6.08 Å². The zero-order valence-corrected chi connectivity index (χ0v) is 34.1. The Labute approximate surface area is 355 Å². The number of ketones is 3. The highest BCUT2D eigenvalue weighted by molar-refractivity contribution is 7.96. The smallest absolute Gasteiger partial charge is 0.210 e. The summed E-state index contributed by atoms with van der Waals surface area (Å²) in [5, 5.41) is 0. The van der Waals surface area contributed by atoms with Gasteiger partial charge in [0.2, 0.25) is 25.5 Å². The number of benzene rings is 7. The van der Waals surface area contributed by atoms with Gasteiger partial charge in [-0.15, -0.1) is 0 Å². The molecule has 0 aliphatic rings. The van der Waals surface area contributed by atoms with Gasteiger partial charge < -0.3 is 0 Å². The van der Waals surface area contributed by atoms with E-state index in [1.54, 1.807) is 78.9 Å². The molecule has 0 heterocycles. The third kappa shape index (κ3) is 10.8. The van der Waals surface area contributed by atoms with Crippen molar-refractivity contribution in [1.82, 2.24) is 0 Å². The van der Waals surface area contributed by atoms with Crippen molar-refractivity contribution >= 4 is 43.1 Å². The Balaban J connectivity index is 0.000000214. The molecular weight excluding hydrogens is 841 g/mol. The van der Waals surface area contributed by atoms with Crippen molar-refractivity contribution in [2.24, 2.45) is 0 Å². The minimum absolute atomic E-state index is 0.0245. The Morgan fingerprint density at radius 1 is 0.435 bits per heavy atom. The van der Waals surface area contributed by atoms with Crippen LogP contribution in [0, 0.1) is 23.3 Å². The molecule has 312 valence electrons. The normalized spacial score (nSPS) is 11.6. The quantitative estimate of drug-likeness (QED) is 0.0490. The van der Waals surface area contributed by atoms with Gasteiger partial charge in [-0.3, -0.25) is 14.4 Å². The molecule has 0 unspecified atom stereocenters. The summed E-state index contributed by atoms with van der Waals surface area (Å²) < 4.78 is 108. The van der Waals surface area contributed by atoms with Gasteiger partial charge in [-0.2, -0.15) is 0 Å². The van der Waals surface area contributed by atoms with Crippen molar-refractivity contribution in [1.29, 1.82) is 0 Å². The van der Waals surface area contributed by atoms with Crippen LogP contribution in [-0.4, -0.2) is 34.2 Å². The molecule has 0 saturated heterocycles. The van der Waals surface area contributed by atoms with Crippen LogP contribution in [0.2, 0.25) is 0 Å². The van der Waals surface area contributed by atoms with Crippen molar-refractivity contribution in [3.05, 3.63) is 237 Å². The van der Waals surface area contributed by atoms with Crippen LogP contribution in [0.1, 0.15) is 47.8 Å². The molecule has 7 aromatic carbocycles. The van der Waals surface area contributed by atoms with Gasteiger partial charge in [0.05, 0.1) is 14.7 Å². The lowest BCUT2D eigenvalue weighted by Crippen LogP contribution is -2.14. The predicted molar refractivity (Wildman–Crippen MR) is 226 cm³/mol. The maximum Gasteiger partial charge on any atom is 0.210 e. The van der Waals surface area contributed by atoms with Crippen molar-refractivity contribution in [3.63, 3.8) is 0 Å².